The Balaban J connectivity index is 3.11. The van der Waals surface area contributed by atoms with Gasteiger partial charge in [-0.3, -0.25) is 0 Å². The lowest BCUT2D eigenvalue weighted by molar-refractivity contribution is 0.628. The van der Waals surface area contributed by atoms with Crippen molar-refractivity contribution in [2.45, 2.75) is 19.9 Å². The highest BCUT2D eigenvalue weighted by atomic mass is 19.1. The third-order valence-corrected chi connectivity index (χ3v) is 3.24. The average Bonchev–Trinajstić information content (AvgIpc) is 2.45. The second-order valence-electron chi connectivity index (χ2n) is 4.91. The molecule has 0 fully saturated rings. The summed E-state index contributed by atoms with van der Waals surface area (Å²) in [5.41, 5.74) is 25.5. The normalized spacial score (nSPS) is 14.7. The maximum atomic E-state index is 14.0. The zero-order chi connectivity index (χ0) is 16.0. The van der Waals surface area contributed by atoms with Crippen molar-refractivity contribution in [1.82, 2.24) is 0 Å². The summed E-state index contributed by atoms with van der Waals surface area (Å²) in [7, 11) is 0. The van der Waals surface area contributed by atoms with Crippen LogP contribution < -0.4 is 22.9 Å². The first-order valence-electron chi connectivity index (χ1n) is 6.71. The highest BCUT2D eigenvalue weighted by Crippen LogP contribution is 2.21. The molecule has 1 unspecified atom stereocenters. The second-order valence-corrected chi connectivity index (χ2v) is 4.91. The molecule has 0 aliphatic heterocycles. The minimum absolute atomic E-state index is 0.118. The number of rotatable bonds is 5. The van der Waals surface area contributed by atoms with E-state index in [4.69, 9.17) is 22.9 Å². The largest absolute Gasteiger partial charge is 0.404 e. The number of allylic oxidation sites excluding steroid dienone is 3. The molecule has 1 rings (SSSR count). The standard InChI is InChI=1S/C16H23FN4/c1-10-3-6-15(21)16(17)14(10)5-4-12(8-18)7-13(9-19)11(2)20/h3-8,11H,9,18-21H2,1-2H3/b5-4?,12-8?,13-7-. The van der Waals surface area contributed by atoms with Crippen LogP contribution in [-0.4, -0.2) is 12.6 Å². The Labute approximate surface area is 125 Å². The Morgan fingerprint density at radius 2 is 2.05 bits per heavy atom. The summed E-state index contributed by atoms with van der Waals surface area (Å²) in [4.78, 5) is 0. The van der Waals surface area contributed by atoms with Crippen LogP contribution in [0.5, 0.6) is 0 Å². The van der Waals surface area contributed by atoms with Gasteiger partial charge < -0.3 is 22.9 Å². The topological polar surface area (TPSA) is 104 Å². The van der Waals surface area contributed by atoms with E-state index in [2.05, 4.69) is 0 Å². The lowest BCUT2D eigenvalue weighted by Gasteiger charge is -2.09. The molecule has 0 saturated carbocycles. The van der Waals surface area contributed by atoms with Crippen molar-refractivity contribution in [1.29, 1.82) is 0 Å². The Hall–Kier alpha value is -2.11. The minimum Gasteiger partial charge on any atom is -0.404 e. The minimum atomic E-state index is -0.433. The van der Waals surface area contributed by atoms with Gasteiger partial charge in [0.25, 0.3) is 0 Å². The summed E-state index contributed by atoms with van der Waals surface area (Å²) in [5, 5.41) is 0. The Kier molecular flexibility index (Phi) is 6.14. The van der Waals surface area contributed by atoms with Crippen LogP contribution in [0.25, 0.3) is 6.08 Å². The van der Waals surface area contributed by atoms with Gasteiger partial charge in [0, 0.05) is 24.4 Å². The highest BCUT2D eigenvalue weighted by molar-refractivity contribution is 5.63. The maximum absolute atomic E-state index is 14.0. The third kappa shape index (κ3) is 4.44. The molecule has 1 atom stereocenters. The van der Waals surface area contributed by atoms with E-state index in [1.54, 1.807) is 30.4 Å². The molecule has 21 heavy (non-hydrogen) atoms. The van der Waals surface area contributed by atoms with Crippen LogP contribution >= 0.6 is 0 Å². The van der Waals surface area contributed by atoms with Crippen molar-refractivity contribution in [2.75, 3.05) is 12.3 Å². The fourth-order valence-corrected chi connectivity index (χ4v) is 1.83. The van der Waals surface area contributed by atoms with Gasteiger partial charge in [-0.05, 0) is 36.6 Å². The Bertz CT molecular complexity index is 586. The van der Waals surface area contributed by atoms with Crippen molar-refractivity contribution in [3.05, 3.63) is 58.6 Å². The average molecular weight is 290 g/mol. The third-order valence-electron chi connectivity index (χ3n) is 3.24. The molecule has 0 amide bonds. The predicted molar refractivity (Wildman–Crippen MR) is 87.6 cm³/mol. The van der Waals surface area contributed by atoms with Crippen molar-refractivity contribution in [3.8, 4) is 0 Å². The number of hydrogen-bond donors (Lipinski definition) is 4. The molecule has 0 radical (unpaired) electrons. The van der Waals surface area contributed by atoms with Gasteiger partial charge in [-0.2, -0.15) is 0 Å². The molecule has 0 heterocycles. The first kappa shape index (κ1) is 16.9. The van der Waals surface area contributed by atoms with Gasteiger partial charge in [-0.25, -0.2) is 4.39 Å². The van der Waals surface area contributed by atoms with Gasteiger partial charge >= 0.3 is 0 Å². The monoisotopic (exact) mass is 290 g/mol. The zero-order valence-electron chi connectivity index (χ0n) is 12.4. The van der Waals surface area contributed by atoms with Crippen molar-refractivity contribution in [2.24, 2.45) is 17.2 Å². The zero-order valence-corrected chi connectivity index (χ0v) is 12.4. The molecule has 0 bridgehead atoms. The van der Waals surface area contributed by atoms with E-state index < -0.39 is 5.82 Å². The number of hydrogen-bond acceptors (Lipinski definition) is 4. The second kappa shape index (κ2) is 7.61. The number of nitrogen functional groups attached to an aromatic ring is 1. The quantitative estimate of drug-likeness (QED) is 0.490. The van der Waals surface area contributed by atoms with Crippen LogP contribution in [0.1, 0.15) is 18.1 Å². The molecule has 0 aromatic heterocycles. The van der Waals surface area contributed by atoms with E-state index in [1.807, 2.05) is 13.8 Å². The number of halogens is 1. The van der Waals surface area contributed by atoms with Gasteiger partial charge in [0.1, 0.15) is 0 Å². The van der Waals surface area contributed by atoms with E-state index in [-0.39, 0.29) is 11.7 Å². The number of aryl methyl sites for hydroxylation is 1. The molecule has 1 aromatic carbocycles. The van der Waals surface area contributed by atoms with E-state index >= 15 is 0 Å². The lowest BCUT2D eigenvalue weighted by Crippen LogP contribution is -2.23. The summed E-state index contributed by atoms with van der Waals surface area (Å²) in [6, 6.07) is 3.15. The summed E-state index contributed by atoms with van der Waals surface area (Å²) >= 11 is 0. The van der Waals surface area contributed by atoms with Crippen LogP contribution in [0.2, 0.25) is 0 Å². The van der Waals surface area contributed by atoms with Crippen LogP contribution in [-0.2, 0) is 0 Å². The van der Waals surface area contributed by atoms with Gasteiger partial charge in [0.15, 0.2) is 5.82 Å². The van der Waals surface area contributed by atoms with E-state index in [0.717, 1.165) is 11.1 Å². The summed E-state index contributed by atoms with van der Waals surface area (Å²) in [6.45, 7) is 4.00. The van der Waals surface area contributed by atoms with Crippen molar-refractivity contribution in [3.63, 3.8) is 0 Å². The van der Waals surface area contributed by atoms with Gasteiger partial charge in [0.05, 0.1) is 5.69 Å². The first-order valence-corrected chi connectivity index (χ1v) is 6.71. The van der Waals surface area contributed by atoms with Gasteiger partial charge in [-0.15, -0.1) is 0 Å². The lowest BCUT2D eigenvalue weighted by atomic mass is 10.0. The summed E-state index contributed by atoms with van der Waals surface area (Å²) in [5.74, 6) is -0.433. The van der Waals surface area contributed by atoms with Crippen LogP contribution in [0.3, 0.4) is 0 Å². The molecule has 0 aliphatic rings. The van der Waals surface area contributed by atoms with Crippen molar-refractivity contribution >= 4 is 11.8 Å². The van der Waals surface area contributed by atoms with Crippen molar-refractivity contribution < 1.29 is 4.39 Å². The molecule has 0 spiro atoms. The Morgan fingerprint density at radius 1 is 1.38 bits per heavy atom. The molecular weight excluding hydrogens is 267 g/mol. The van der Waals surface area contributed by atoms with Gasteiger partial charge in [0.2, 0.25) is 0 Å². The number of benzene rings is 1. The molecule has 5 heteroatoms. The molecule has 114 valence electrons. The van der Waals surface area contributed by atoms with Crippen LogP contribution in [0, 0.1) is 12.7 Å². The molecule has 0 aliphatic carbocycles. The maximum Gasteiger partial charge on any atom is 0.153 e. The fraction of sp³-hybridized carbons (Fsp3) is 0.250. The fourth-order valence-electron chi connectivity index (χ4n) is 1.83. The van der Waals surface area contributed by atoms with Gasteiger partial charge in [-0.1, -0.05) is 24.3 Å². The predicted octanol–water partition coefficient (Wildman–Crippen LogP) is 1.80. The summed E-state index contributed by atoms with van der Waals surface area (Å²) in [6.07, 6.45) is 6.59. The number of nitrogens with two attached hydrogens (primary N) is 4. The van der Waals surface area contributed by atoms with E-state index in [1.165, 1.54) is 6.20 Å². The SMILES string of the molecule is Cc1ccc(N)c(F)c1C=CC(=CN)/C=C(/CN)C(C)N. The smallest absolute Gasteiger partial charge is 0.153 e. The first-order chi connectivity index (χ1) is 9.90. The van der Waals surface area contributed by atoms with Crippen LogP contribution in [0.15, 0.2) is 41.6 Å². The molecule has 4 nitrogen and oxygen atoms in total. The van der Waals surface area contributed by atoms with E-state index in [9.17, 15) is 4.39 Å². The highest BCUT2D eigenvalue weighted by Gasteiger charge is 2.06. The molecule has 8 N–H and O–H groups in total. The number of anilines is 1. The van der Waals surface area contributed by atoms with E-state index in [0.29, 0.717) is 17.7 Å². The molecule has 0 saturated heterocycles. The molecular formula is C16H23FN4. The molecule has 1 aromatic rings. The summed E-state index contributed by atoms with van der Waals surface area (Å²) < 4.78 is 14.0. The Morgan fingerprint density at radius 3 is 2.57 bits per heavy atom. The van der Waals surface area contributed by atoms with Crippen LogP contribution in [0.4, 0.5) is 10.1 Å².